The minimum Gasteiger partial charge on any atom is -0.490 e. The SMILES string of the molecule is Cn1nc(CC(=O)NCCCOc2ccccc2F)c2ccccc2c1=O. The van der Waals surface area contributed by atoms with Crippen LogP contribution in [0.1, 0.15) is 12.1 Å². The summed E-state index contributed by atoms with van der Waals surface area (Å²) >= 11 is 0. The molecule has 0 aliphatic carbocycles. The maximum Gasteiger partial charge on any atom is 0.274 e. The van der Waals surface area contributed by atoms with Gasteiger partial charge in [0, 0.05) is 19.0 Å². The molecule has 3 aromatic rings. The Kier molecular flexibility index (Phi) is 5.80. The third kappa shape index (κ3) is 4.49. The van der Waals surface area contributed by atoms with Crippen LogP contribution in [0.4, 0.5) is 4.39 Å². The average molecular weight is 369 g/mol. The molecule has 140 valence electrons. The van der Waals surface area contributed by atoms with E-state index in [1.807, 2.05) is 6.07 Å². The van der Waals surface area contributed by atoms with Gasteiger partial charge < -0.3 is 10.1 Å². The number of carbonyl (C=O) groups excluding carboxylic acids is 1. The lowest BCUT2D eigenvalue weighted by atomic mass is 10.1. The Morgan fingerprint density at radius 2 is 1.85 bits per heavy atom. The zero-order chi connectivity index (χ0) is 19.2. The van der Waals surface area contributed by atoms with E-state index in [-0.39, 0.29) is 23.6 Å². The number of fused-ring (bicyclic) bond motifs is 1. The number of aromatic nitrogens is 2. The maximum absolute atomic E-state index is 13.4. The second-order valence-electron chi connectivity index (χ2n) is 6.08. The molecule has 0 radical (unpaired) electrons. The molecule has 1 heterocycles. The monoisotopic (exact) mass is 369 g/mol. The zero-order valence-electron chi connectivity index (χ0n) is 14.9. The summed E-state index contributed by atoms with van der Waals surface area (Å²) in [5, 5.41) is 8.22. The van der Waals surface area contributed by atoms with Crippen molar-refractivity contribution in [3.8, 4) is 5.75 Å². The summed E-state index contributed by atoms with van der Waals surface area (Å²) in [4.78, 5) is 24.3. The molecule has 1 N–H and O–H groups in total. The van der Waals surface area contributed by atoms with E-state index in [0.29, 0.717) is 36.0 Å². The van der Waals surface area contributed by atoms with Crippen molar-refractivity contribution >= 4 is 16.7 Å². The van der Waals surface area contributed by atoms with Crippen LogP contribution in [0.5, 0.6) is 5.75 Å². The Morgan fingerprint density at radius 1 is 1.15 bits per heavy atom. The fraction of sp³-hybridized carbons (Fsp3) is 0.250. The molecule has 6 nitrogen and oxygen atoms in total. The van der Waals surface area contributed by atoms with Crippen molar-refractivity contribution in [2.75, 3.05) is 13.2 Å². The summed E-state index contributed by atoms with van der Waals surface area (Å²) < 4.78 is 20.0. The Hall–Kier alpha value is -3.22. The second kappa shape index (κ2) is 8.44. The summed E-state index contributed by atoms with van der Waals surface area (Å²) in [6.45, 7) is 0.694. The van der Waals surface area contributed by atoms with E-state index in [9.17, 15) is 14.0 Å². The summed E-state index contributed by atoms with van der Waals surface area (Å²) in [5.74, 6) is -0.406. The van der Waals surface area contributed by atoms with Crippen molar-refractivity contribution in [3.63, 3.8) is 0 Å². The molecular weight excluding hydrogens is 349 g/mol. The standard InChI is InChI=1S/C20H20FN3O3/c1-24-20(26)15-8-3-2-7-14(15)17(23-24)13-19(25)22-11-6-12-27-18-10-5-4-9-16(18)21/h2-5,7-10H,6,11-13H2,1H3,(H,22,25). The predicted octanol–water partition coefficient (Wildman–Crippen LogP) is 2.20. The lowest BCUT2D eigenvalue weighted by Crippen LogP contribution is -2.29. The molecule has 2 aromatic carbocycles. The molecule has 1 aromatic heterocycles. The number of carbonyl (C=O) groups is 1. The van der Waals surface area contributed by atoms with Gasteiger partial charge in [-0.05, 0) is 24.6 Å². The number of aryl methyl sites for hydroxylation is 1. The molecular formula is C20H20FN3O3. The second-order valence-corrected chi connectivity index (χ2v) is 6.08. The van der Waals surface area contributed by atoms with Crippen LogP contribution in [0.3, 0.4) is 0 Å². The van der Waals surface area contributed by atoms with Crippen LogP contribution >= 0.6 is 0 Å². The summed E-state index contributed by atoms with van der Waals surface area (Å²) in [7, 11) is 1.57. The first-order valence-corrected chi connectivity index (χ1v) is 8.65. The van der Waals surface area contributed by atoms with Crippen molar-refractivity contribution < 1.29 is 13.9 Å². The highest BCUT2D eigenvalue weighted by Crippen LogP contribution is 2.15. The van der Waals surface area contributed by atoms with Gasteiger partial charge in [-0.3, -0.25) is 9.59 Å². The van der Waals surface area contributed by atoms with Gasteiger partial charge in [-0.2, -0.15) is 5.10 Å². The number of halogens is 1. The largest absolute Gasteiger partial charge is 0.490 e. The Morgan fingerprint density at radius 3 is 2.63 bits per heavy atom. The van der Waals surface area contributed by atoms with Crippen molar-refractivity contribution in [1.29, 1.82) is 0 Å². The van der Waals surface area contributed by atoms with Gasteiger partial charge in [0.05, 0.1) is 24.1 Å². The Bertz CT molecular complexity index is 1020. The minimum absolute atomic E-state index is 0.0722. The molecule has 0 saturated heterocycles. The van der Waals surface area contributed by atoms with Crippen molar-refractivity contribution in [1.82, 2.24) is 15.1 Å². The maximum atomic E-state index is 13.4. The number of nitrogens with one attached hydrogen (secondary N) is 1. The number of amides is 1. The van der Waals surface area contributed by atoms with Gasteiger partial charge in [0.15, 0.2) is 11.6 Å². The fourth-order valence-electron chi connectivity index (χ4n) is 2.76. The van der Waals surface area contributed by atoms with E-state index < -0.39 is 5.82 Å². The van der Waals surface area contributed by atoms with Crippen molar-refractivity contribution in [2.45, 2.75) is 12.8 Å². The highest BCUT2D eigenvalue weighted by atomic mass is 19.1. The first kappa shape index (κ1) is 18.6. The fourth-order valence-corrected chi connectivity index (χ4v) is 2.76. The van der Waals surface area contributed by atoms with Crippen LogP contribution in [0.2, 0.25) is 0 Å². The lowest BCUT2D eigenvalue weighted by molar-refractivity contribution is -0.120. The number of hydrogen-bond acceptors (Lipinski definition) is 4. The van der Waals surface area contributed by atoms with E-state index in [0.717, 1.165) is 0 Å². The summed E-state index contributed by atoms with van der Waals surface area (Å²) in [5.41, 5.74) is 0.354. The normalized spacial score (nSPS) is 10.7. The molecule has 0 spiro atoms. The van der Waals surface area contributed by atoms with Crippen LogP contribution < -0.4 is 15.6 Å². The van der Waals surface area contributed by atoms with Gasteiger partial charge in [0.25, 0.3) is 5.56 Å². The number of rotatable bonds is 7. The van der Waals surface area contributed by atoms with E-state index >= 15 is 0 Å². The van der Waals surface area contributed by atoms with Gasteiger partial charge in [-0.1, -0.05) is 30.3 Å². The number of para-hydroxylation sites is 1. The van der Waals surface area contributed by atoms with Crippen molar-refractivity contribution in [3.05, 3.63) is 70.4 Å². The quantitative estimate of drug-likeness (QED) is 0.648. The number of hydrogen-bond donors (Lipinski definition) is 1. The van der Waals surface area contributed by atoms with Crippen LogP contribution in [0.25, 0.3) is 10.8 Å². The first-order chi connectivity index (χ1) is 13.1. The molecule has 0 saturated carbocycles. The lowest BCUT2D eigenvalue weighted by Gasteiger charge is -2.09. The molecule has 27 heavy (non-hydrogen) atoms. The highest BCUT2D eigenvalue weighted by Gasteiger charge is 2.12. The topological polar surface area (TPSA) is 73.2 Å². The van der Waals surface area contributed by atoms with E-state index in [2.05, 4.69) is 10.4 Å². The molecule has 3 rings (SSSR count). The Balaban J connectivity index is 1.53. The first-order valence-electron chi connectivity index (χ1n) is 8.65. The molecule has 0 unspecified atom stereocenters. The van der Waals surface area contributed by atoms with Crippen LogP contribution in [-0.4, -0.2) is 28.8 Å². The van der Waals surface area contributed by atoms with E-state index in [4.69, 9.17) is 4.74 Å². The molecule has 7 heteroatoms. The number of nitrogens with zero attached hydrogens (tertiary/aromatic N) is 2. The van der Waals surface area contributed by atoms with Crippen LogP contribution in [-0.2, 0) is 18.3 Å². The molecule has 0 fully saturated rings. The molecule has 1 amide bonds. The summed E-state index contributed by atoms with van der Waals surface area (Å²) in [6, 6.07) is 13.3. The smallest absolute Gasteiger partial charge is 0.274 e. The van der Waals surface area contributed by atoms with E-state index in [1.165, 1.54) is 10.7 Å². The van der Waals surface area contributed by atoms with Gasteiger partial charge in [-0.25, -0.2) is 9.07 Å². The van der Waals surface area contributed by atoms with Crippen LogP contribution in [0, 0.1) is 5.82 Å². The number of benzene rings is 2. The molecule has 0 aliphatic heterocycles. The average Bonchev–Trinajstić information content (AvgIpc) is 2.67. The third-order valence-electron chi connectivity index (χ3n) is 4.10. The minimum atomic E-state index is -0.408. The van der Waals surface area contributed by atoms with Gasteiger partial charge in [0.2, 0.25) is 5.91 Å². The van der Waals surface area contributed by atoms with Gasteiger partial charge in [-0.15, -0.1) is 0 Å². The molecule has 0 bridgehead atoms. The highest BCUT2D eigenvalue weighted by molar-refractivity contribution is 5.88. The Labute approximate surface area is 155 Å². The summed E-state index contributed by atoms with van der Waals surface area (Å²) in [6.07, 6.45) is 0.615. The third-order valence-corrected chi connectivity index (χ3v) is 4.10. The van der Waals surface area contributed by atoms with Gasteiger partial charge >= 0.3 is 0 Å². The predicted molar refractivity (Wildman–Crippen MR) is 100 cm³/mol. The molecule has 0 aliphatic rings. The van der Waals surface area contributed by atoms with Crippen LogP contribution in [0.15, 0.2) is 53.3 Å². The van der Waals surface area contributed by atoms with Crippen molar-refractivity contribution in [2.24, 2.45) is 7.05 Å². The van der Waals surface area contributed by atoms with Gasteiger partial charge in [0.1, 0.15) is 0 Å². The molecule has 0 atom stereocenters. The zero-order valence-corrected chi connectivity index (χ0v) is 14.9. The van der Waals surface area contributed by atoms with E-state index in [1.54, 1.807) is 43.4 Å². The number of ether oxygens (including phenoxy) is 1.